The van der Waals surface area contributed by atoms with Crippen LogP contribution < -0.4 is 0 Å². The first kappa shape index (κ1) is 9.37. The van der Waals surface area contributed by atoms with E-state index in [1.54, 1.807) is 5.38 Å². The second kappa shape index (κ2) is 3.79. The van der Waals surface area contributed by atoms with Gasteiger partial charge in [-0.05, 0) is 11.4 Å². The van der Waals surface area contributed by atoms with Gasteiger partial charge in [-0.15, -0.1) is 11.3 Å². The number of carbonyl (C=O) groups is 1. The fraction of sp³-hybridized carbons (Fsp3) is 0.167. The summed E-state index contributed by atoms with van der Waals surface area (Å²) in [5.41, 5.74) is 0. The molecular formula is C6H6O4S2. The minimum absolute atomic E-state index is 0.104. The SMILES string of the molecule is COC(=O)c1sccc1S(=O)O. The van der Waals surface area contributed by atoms with E-state index >= 15 is 0 Å². The molecule has 0 aromatic carbocycles. The van der Waals surface area contributed by atoms with Crippen LogP contribution in [0.2, 0.25) is 0 Å². The highest BCUT2D eigenvalue weighted by molar-refractivity contribution is 7.79. The van der Waals surface area contributed by atoms with Gasteiger partial charge in [0, 0.05) is 0 Å². The Labute approximate surface area is 75.5 Å². The number of hydrogen-bond acceptors (Lipinski definition) is 4. The third-order valence-electron chi connectivity index (χ3n) is 1.19. The minimum Gasteiger partial charge on any atom is -0.465 e. The highest BCUT2D eigenvalue weighted by atomic mass is 32.2. The Morgan fingerprint density at radius 2 is 2.42 bits per heavy atom. The summed E-state index contributed by atoms with van der Waals surface area (Å²) in [4.78, 5) is 11.2. The Morgan fingerprint density at radius 1 is 1.75 bits per heavy atom. The van der Waals surface area contributed by atoms with Crippen molar-refractivity contribution in [3.8, 4) is 0 Å². The van der Waals surface area contributed by atoms with Crippen molar-refractivity contribution in [2.24, 2.45) is 0 Å². The third kappa shape index (κ3) is 1.71. The van der Waals surface area contributed by atoms with Crippen LogP contribution in [-0.4, -0.2) is 21.8 Å². The Hall–Kier alpha value is -0.720. The van der Waals surface area contributed by atoms with Crippen LogP contribution in [0.15, 0.2) is 16.3 Å². The minimum atomic E-state index is -2.12. The fourth-order valence-corrected chi connectivity index (χ4v) is 2.25. The second-order valence-electron chi connectivity index (χ2n) is 1.85. The second-order valence-corrected chi connectivity index (χ2v) is 3.71. The van der Waals surface area contributed by atoms with Gasteiger partial charge in [0.2, 0.25) is 0 Å². The van der Waals surface area contributed by atoms with E-state index in [0.717, 1.165) is 11.3 Å². The molecule has 0 amide bonds. The lowest BCUT2D eigenvalue weighted by molar-refractivity contribution is 0.0602. The molecule has 0 aliphatic heterocycles. The molecule has 1 rings (SSSR count). The number of carbonyl (C=O) groups excluding carboxylic acids is 1. The maximum atomic E-state index is 10.9. The van der Waals surface area contributed by atoms with Crippen LogP contribution in [0.1, 0.15) is 9.67 Å². The van der Waals surface area contributed by atoms with Gasteiger partial charge in [-0.1, -0.05) is 0 Å². The van der Waals surface area contributed by atoms with Crippen molar-refractivity contribution in [1.82, 2.24) is 0 Å². The zero-order chi connectivity index (χ0) is 9.14. The summed E-state index contributed by atoms with van der Waals surface area (Å²) in [5, 5.41) is 1.57. The molecule has 0 fully saturated rings. The van der Waals surface area contributed by atoms with Gasteiger partial charge in [0.05, 0.1) is 12.0 Å². The normalized spacial score (nSPS) is 12.5. The maximum absolute atomic E-state index is 10.9. The lowest BCUT2D eigenvalue weighted by Crippen LogP contribution is -2.02. The van der Waals surface area contributed by atoms with Gasteiger partial charge in [-0.25, -0.2) is 9.00 Å². The van der Waals surface area contributed by atoms with Gasteiger partial charge >= 0.3 is 5.97 Å². The summed E-state index contributed by atoms with van der Waals surface area (Å²) in [6, 6.07) is 1.42. The predicted molar refractivity (Wildman–Crippen MR) is 44.7 cm³/mol. The van der Waals surface area contributed by atoms with E-state index in [4.69, 9.17) is 4.55 Å². The van der Waals surface area contributed by atoms with E-state index in [9.17, 15) is 9.00 Å². The van der Waals surface area contributed by atoms with Gasteiger partial charge < -0.3 is 9.29 Å². The van der Waals surface area contributed by atoms with Crippen molar-refractivity contribution in [3.63, 3.8) is 0 Å². The molecule has 0 saturated carbocycles. The summed E-state index contributed by atoms with van der Waals surface area (Å²) in [5.74, 6) is -0.581. The number of methoxy groups -OCH3 is 1. The summed E-state index contributed by atoms with van der Waals surface area (Å²) in [6.07, 6.45) is 0. The summed E-state index contributed by atoms with van der Waals surface area (Å²) in [6.45, 7) is 0. The maximum Gasteiger partial charge on any atom is 0.349 e. The van der Waals surface area contributed by atoms with Gasteiger partial charge in [-0.3, -0.25) is 0 Å². The van der Waals surface area contributed by atoms with E-state index in [2.05, 4.69) is 4.74 Å². The van der Waals surface area contributed by atoms with Gasteiger partial charge in [0.15, 0.2) is 11.1 Å². The Kier molecular flexibility index (Phi) is 2.96. The topological polar surface area (TPSA) is 63.6 Å². The number of esters is 1. The molecule has 66 valence electrons. The van der Waals surface area contributed by atoms with Crippen LogP contribution in [0.25, 0.3) is 0 Å². The standard InChI is InChI=1S/C6H6O4S2/c1-10-6(7)5-4(12(8)9)2-3-11-5/h2-3H,1H3,(H,8,9). The number of rotatable bonds is 2. The molecular weight excluding hydrogens is 200 g/mol. The third-order valence-corrected chi connectivity index (χ3v) is 2.93. The molecule has 1 atom stereocenters. The molecule has 4 nitrogen and oxygen atoms in total. The quantitative estimate of drug-likeness (QED) is 0.581. The molecule has 12 heavy (non-hydrogen) atoms. The van der Waals surface area contributed by atoms with Crippen molar-refractivity contribution in [2.75, 3.05) is 7.11 Å². The summed E-state index contributed by atoms with van der Waals surface area (Å²) < 4.78 is 23.7. The molecule has 0 aliphatic rings. The smallest absolute Gasteiger partial charge is 0.349 e. The molecule has 1 unspecified atom stereocenters. The van der Waals surface area contributed by atoms with E-state index in [1.165, 1.54) is 13.2 Å². The Morgan fingerprint density at radius 3 is 2.92 bits per heavy atom. The zero-order valence-electron chi connectivity index (χ0n) is 6.14. The van der Waals surface area contributed by atoms with Crippen molar-refractivity contribution >= 4 is 28.4 Å². The zero-order valence-corrected chi connectivity index (χ0v) is 7.78. The first-order valence-electron chi connectivity index (χ1n) is 2.93. The van der Waals surface area contributed by atoms with Crippen molar-refractivity contribution in [1.29, 1.82) is 0 Å². The Balaban J connectivity index is 3.07. The van der Waals surface area contributed by atoms with E-state index in [0.29, 0.717) is 0 Å². The van der Waals surface area contributed by atoms with Crippen molar-refractivity contribution < 1.29 is 18.3 Å². The molecule has 0 spiro atoms. The molecule has 1 N–H and O–H groups in total. The first-order chi connectivity index (χ1) is 5.66. The number of thiophene rings is 1. The fourth-order valence-electron chi connectivity index (χ4n) is 0.677. The lowest BCUT2D eigenvalue weighted by Gasteiger charge is -1.96. The average molecular weight is 206 g/mol. The van der Waals surface area contributed by atoms with Gasteiger partial charge in [0.1, 0.15) is 4.88 Å². The number of hydrogen-bond donors (Lipinski definition) is 1. The van der Waals surface area contributed by atoms with Crippen LogP contribution in [0.5, 0.6) is 0 Å². The van der Waals surface area contributed by atoms with E-state index < -0.39 is 17.0 Å². The van der Waals surface area contributed by atoms with Crippen molar-refractivity contribution in [2.45, 2.75) is 4.90 Å². The predicted octanol–water partition coefficient (Wildman–Crippen LogP) is 1.12. The molecule has 1 heterocycles. The average Bonchev–Trinajstić information content (AvgIpc) is 2.50. The first-order valence-corrected chi connectivity index (χ1v) is 4.92. The highest BCUT2D eigenvalue weighted by Crippen LogP contribution is 2.20. The number of ether oxygens (including phenoxy) is 1. The molecule has 1 aromatic heterocycles. The Bertz CT molecular complexity index is 317. The van der Waals surface area contributed by atoms with E-state index in [-0.39, 0.29) is 9.77 Å². The molecule has 0 radical (unpaired) electrons. The largest absolute Gasteiger partial charge is 0.465 e. The van der Waals surface area contributed by atoms with Crippen LogP contribution in [0, 0.1) is 0 Å². The van der Waals surface area contributed by atoms with Crippen LogP contribution in [-0.2, 0) is 15.8 Å². The molecule has 0 aliphatic carbocycles. The molecule has 0 bridgehead atoms. The van der Waals surface area contributed by atoms with Gasteiger partial charge in [-0.2, -0.15) is 0 Å². The van der Waals surface area contributed by atoms with Crippen molar-refractivity contribution in [3.05, 3.63) is 16.3 Å². The molecule has 1 aromatic rings. The summed E-state index contributed by atoms with van der Waals surface area (Å²) in [7, 11) is 1.23. The van der Waals surface area contributed by atoms with Crippen LogP contribution in [0.3, 0.4) is 0 Å². The molecule has 6 heteroatoms. The van der Waals surface area contributed by atoms with E-state index in [1.807, 2.05) is 0 Å². The highest BCUT2D eigenvalue weighted by Gasteiger charge is 2.16. The van der Waals surface area contributed by atoms with Crippen LogP contribution in [0.4, 0.5) is 0 Å². The van der Waals surface area contributed by atoms with Gasteiger partial charge in [0.25, 0.3) is 0 Å². The molecule has 0 saturated heterocycles. The monoisotopic (exact) mass is 206 g/mol. The van der Waals surface area contributed by atoms with Crippen LogP contribution >= 0.6 is 11.3 Å². The lowest BCUT2D eigenvalue weighted by atomic mass is 10.5. The summed E-state index contributed by atoms with van der Waals surface area (Å²) >= 11 is -1.04.